The van der Waals surface area contributed by atoms with Crippen molar-refractivity contribution in [2.24, 2.45) is 0 Å². The summed E-state index contributed by atoms with van der Waals surface area (Å²) in [6.45, 7) is 1.88. The number of hydrogen-bond acceptors (Lipinski definition) is 3. The van der Waals surface area contributed by atoms with Crippen molar-refractivity contribution in [2.45, 2.75) is 12.5 Å². The van der Waals surface area contributed by atoms with Gasteiger partial charge in [-0.1, -0.05) is 0 Å². The number of carbonyl (C=O) groups is 1. The van der Waals surface area contributed by atoms with E-state index in [1.54, 1.807) is 11.0 Å². The van der Waals surface area contributed by atoms with Crippen molar-refractivity contribution in [3.8, 4) is 0 Å². The fraction of sp³-hybridized carbons (Fsp3) is 0.500. The lowest BCUT2D eigenvalue weighted by atomic mass is 10.2. The van der Waals surface area contributed by atoms with Crippen LogP contribution >= 0.6 is 0 Å². The molecule has 0 aliphatic carbocycles. The van der Waals surface area contributed by atoms with Gasteiger partial charge in [0.05, 0.1) is 11.8 Å². The normalized spacial score (nSPS) is 21.1. The summed E-state index contributed by atoms with van der Waals surface area (Å²) >= 11 is 0. The third-order valence-electron chi connectivity index (χ3n) is 2.67. The second kappa shape index (κ2) is 3.84. The number of amides is 1. The lowest BCUT2D eigenvalue weighted by Crippen LogP contribution is -2.38. The Morgan fingerprint density at radius 1 is 1.71 bits per heavy atom. The predicted molar refractivity (Wildman–Crippen MR) is 52.1 cm³/mol. The smallest absolute Gasteiger partial charge is 0.257 e. The summed E-state index contributed by atoms with van der Waals surface area (Å²) in [5.41, 5.74) is 0.624. The summed E-state index contributed by atoms with van der Waals surface area (Å²) in [5.74, 6) is 0.0347. The number of rotatable bonds is 2. The van der Waals surface area contributed by atoms with E-state index >= 15 is 0 Å². The molecular weight excluding hydrogens is 180 g/mol. The Morgan fingerprint density at radius 2 is 2.57 bits per heavy atom. The zero-order valence-corrected chi connectivity index (χ0v) is 8.19. The Bertz CT molecular complexity index is 302. The van der Waals surface area contributed by atoms with Gasteiger partial charge in [0, 0.05) is 19.6 Å². The van der Waals surface area contributed by atoms with Crippen LogP contribution in [0.2, 0.25) is 0 Å². The van der Waals surface area contributed by atoms with Crippen LogP contribution in [-0.2, 0) is 0 Å². The van der Waals surface area contributed by atoms with Gasteiger partial charge in [0.25, 0.3) is 5.91 Å². The fourth-order valence-electron chi connectivity index (χ4n) is 1.73. The van der Waals surface area contributed by atoms with Gasteiger partial charge in [0.2, 0.25) is 0 Å². The molecule has 0 bridgehead atoms. The molecule has 0 aromatic carbocycles. The minimum atomic E-state index is 0.0347. The summed E-state index contributed by atoms with van der Waals surface area (Å²) in [4.78, 5) is 13.6. The van der Waals surface area contributed by atoms with Crippen LogP contribution in [-0.4, -0.2) is 37.0 Å². The molecule has 0 spiro atoms. The first-order valence-electron chi connectivity index (χ1n) is 4.79. The van der Waals surface area contributed by atoms with E-state index in [9.17, 15) is 4.79 Å². The molecule has 1 saturated heterocycles. The van der Waals surface area contributed by atoms with E-state index < -0.39 is 0 Å². The molecule has 14 heavy (non-hydrogen) atoms. The topological polar surface area (TPSA) is 45.5 Å². The molecule has 2 heterocycles. The highest BCUT2D eigenvalue weighted by molar-refractivity contribution is 5.93. The van der Waals surface area contributed by atoms with Crippen molar-refractivity contribution in [1.82, 2.24) is 10.2 Å². The third kappa shape index (κ3) is 1.65. The van der Waals surface area contributed by atoms with Crippen molar-refractivity contribution in [3.05, 3.63) is 24.2 Å². The van der Waals surface area contributed by atoms with E-state index in [2.05, 4.69) is 5.32 Å². The molecule has 1 unspecified atom stereocenters. The second-order valence-corrected chi connectivity index (χ2v) is 3.57. The Morgan fingerprint density at radius 3 is 3.14 bits per heavy atom. The zero-order valence-electron chi connectivity index (χ0n) is 8.19. The molecule has 1 fully saturated rings. The first kappa shape index (κ1) is 9.27. The fourth-order valence-corrected chi connectivity index (χ4v) is 1.73. The van der Waals surface area contributed by atoms with Gasteiger partial charge in [0.1, 0.15) is 6.26 Å². The average molecular weight is 194 g/mol. The number of furan rings is 1. The number of nitrogens with zero attached hydrogens (tertiary/aromatic N) is 1. The second-order valence-electron chi connectivity index (χ2n) is 3.57. The standard InChI is InChI=1S/C10H14N2O2/c1-12(9-2-4-11-6-9)10(13)8-3-5-14-7-8/h3,5,7,9,11H,2,4,6H2,1H3. The Hall–Kier alpha value is -1.29. The number of carbonyl (C=O) groups excluding carboxylic acids is 1. The van der Waals surface area contributed by atoms with E-state index in [-0.39, 0.29) is 5.91 Å². The largest absolute Gasteiger partial charge is 0.472 e. The SMILES string of the molecule is CN(C(=O)c1ccoc1)C1CCNC1. The molecule has 1 N–H and O–H groups in total. The first-order valence-corrected chi connectivity index (χ1v) is 4.79. The van der Waals surface area contributed by atoms with Crippen molar-refractivity contribution in [3.63, 3.8) is 0 Å². The molecule has 1 aliphatic heterocycles. The summed E-state index contributed by atoms with van der Waals surface area (Å²) in [6.07, 6.45) is 4.04. The molecule has 2 rings (SSSR count). The molecule has 1 aliphatic rings. The van der Waals surface area contributed by atoms with Crippen LogP contribution in [0.3, 0.4) is 0 Å². The zero-order chi connectivity index (χ0) is 9.97. The molecule has 1 aromatic rings. The maximum atomic E-state index is 11.8. The Labute approximate surface area is 82.9 Å². The van der Waals surface area contributed by atoms with Gasteiger partial charge in [-0.3, -0.25) is 4.79 Å². The van der Waals surface area contributed by atoms with Gasteiger partial charge < -0.3 is 14.6 Å². The highest BCUT2D eigenvalue weighted by Crippen LogP contribution is 2.11. The molecule has 4 heteroatoms. The summed E-state index contributed by atoms with van der Waals surface area (Å²) in [6, 6.07) is 2.01. The summed E-state index contributed by atoms with van der Waals surface area (Å²) in [5, 5.41) is 3.24. The molecular formula is C10H14N2O2. The van der Waals surface area contributed by atoms with E-state index in [0.29, 0.717) is 11.6 Å². The highest BCUT2D eigenvalue weighted by atomic mass is 16.3. The van der Waals surface area contributed by atoms with Crippen molar-refractivity contribution < 1.29 is 9.21 Å². The molecule has 4 nitrogen and oxygen atoms in total. The van der Waals surface area contributed by atoms with Crippen molar-refractivity contribution in [2.75, 3.05) is 20.1 Å². The van der Waals surface area contributed by atoms with Gasteiger partial charge in [-0.05, 0) is 19.0 Å². The monoisotopic (exact) mass is 194 g/mol. The van der Waals surface area contributed by atoms with Crippen molar-refractivity contribution >= 4 is 5.91 Å². The third-order valence-corrected chi connectivity index (χ3v) is 2.67. The van der Waals surface area contributed by atoms with Gasteiger partial charge in [-0.2, -0.15) is 0 Å². The Kier molecular flexibility index (Phi) is 2.54. The van der Waals surface area contributed by atoms with Gasteiger partial charge >= 0.3 is 0 Å². The van der Waals surface area contributed by atoms with Gasteiger partial charge in [-0.25, -0.2) is 0 Å². The molecule has 1 aromatic heterocycles. The maximum Gasteiger partial charge on any atom is 0.257 e. The minimum absolute atomic E-state index is 0.0347. The number of likely N-dealkylation sites (N-methyl/N-ethyl adjacent to an activating group) is 1. The summed E-state index contributed by atoms with van der Waals surface area (Å²) in [7, 11) is 1.84. The van der Waals surface area contributed by atoms with Crippen molar-refractivity contribution in [1.29, 1.82) is 0 Å². The summed E-state index contributed by atoms with van der Waals surface area (Å²) < 4.78 is 4.89. The average Bonchev–Trinajstić information content (AvgIpc) is 2.87. The molecule has 1 amide bonds. The van der Waals surface area contributed by atoms with E-state index in [1.807, 2.05) is 7.05 Å². The van der Waals surface area contributed by atoms with Crippen LogP contribution in [0, 0.1) is 0 Å². The molecule has 1 atom stereocenters. The molecule has 76 valence electrons. The van der Waals surface area contributed by atoms with Crippen LogP contribution in [0.15, 0.2) is 23.0 Å². The van der Waals surface area contributed by atoms with Gasteiger partial charge in [0.15, 0.2) is 0 Å². The lowest BCUT2D eigenvalue weighted by molar-refractivity contribution is 0.0743. The van der Waals surface area contributed by atoms with Crippen LogP contribution < -0.4 is 5.32 Å². The van der Waals surface area contributed by atoms with E-state index in [0.717, 1.165) is 19.5 Å². The number of hydrogen-bond donors (Lipinski definition) is 1. The quantitative estimate of drug-likeness (QED) is 0.754. The van der Waals surface area contributed by atoms with E-state index in [1.165, 1.54) is 12.5 Å². The highest BCUT2D eigenvalue weighted by Gasteiger charge is 2.24. The van der Waals surface area contributed by atoms with Gasteiger partial charge in [-0.15, -0.1) is 0 Å². The minimum Gasteiger partial charge on any atom is -0.472 e. The maximum absolute atomic E-state index is 11.8. The van der Waals surface area contributed by atoms with Crippen LogP contribution in [0.25, 0.3) is 0 Å². The molecule has 0 radical (unpaired) electrons. The van der Waals surface area contributed by atoms with Crippen LogP contribution in [0.4, 0.5) is 0 Å². The molecule has 0 saturated carbocycles. The van der Waals surface area contributed by atoms with E-state index in [4.69, 9.17) is 4.42 Å². The van der Waals surface area contributed by atoms with Crippen LogP contribution in [0.1, 0.15) is 16.8 Å². The number of nitrogens with one attached hydrogen (secondary N) is 1. The van der Waals surface area contributed by atoms with Crippen LogP contribution in [0.5, 0.6) is 0 Å². The lowest BCUT2D eigenvalue weighted by Gasteiger charge is -2.22. The Balaban J connectivity index is 2.04. The first-order chi connectivity index (χ1) is 6.79. The predicted octanol–water partition coefficient (Wildman–Crippen LogP) is 0.714.